The lowest BCUT2D eigenvalue weighted by atomic mass is 10.0. The molecule has 10 heteroatoms. The SMILES string of the molecule is Cc1cc(-c2cc(Nc3cc4n(n3)CC(C)N(C)C4)ncn2)ccc1CNC(=O)c1cnn(C(C)(C)C)c1. The predicted molar refractivity (Wildman–Crippen MR) is 147 cm³/mol. The summed E-state index contributed by atoms with van der Waals surface area (Å²) in [5, 5.41) is 15.4. The first-order valence-electron chi connectivity index (χ1n) is 12.9. The van der Waals surface area contributed by atoms with Gasteiger partial charge >= 0.3 is 0 Å². The van der Waals surface area contributed by atoms with E-state index in [0.29, 0.717) is 24.0 Å². The summed E-state index contributed by atoms with van der Waals surface area (Å²) < 4.78 is 3.86. The second kappa shape index (κ2) is 10.0. The van der Waals surface area contributed by atoms with Crippen molar-refractivity contribution in [3.05, 3.63) is 71.4 Å². The van der Waals surface area contributed by atoms with Gasteiger partial charge in [-0.25, -0.2) is 9.97 Å². The lowest BCUT2D eigenvalue weighted by Gasteiger charge is -2.30. The Morgan fingerprint density at radius 2 is 1.95 bits per heavy atom. The first kappa shape index (κ1) is 25.6. The molecule has 0 bridgehead atoms. The fourth-order valence-electron chi connectivity index (χ4n) is 4.46. The number of benzene rings is 1. The summed E-state index contributed by atoms with van der Waals surface area (Å²) in [6.45, 7) is 12.6. The Hall–Kier alpha value is -4.05. The van der Waals surface area contributed by atoms with Crippen LogP contribution in [0.4, 0.5) is 11.6 Å². The summed E-state index contributed by atoms with van der Waals surface area (Å²) in [4.78, 5) is 23.8. The van der Waals surface area contributed by atoms with Crippen molar-refractivity contribution in [2.45, 2.75) is 65.8 Å². The number of nitrogens with zero attached hydrogens (tertiary/aromatic N) is 7. The van der Waals surface area contributed by atoms with Crippen LogP contribution in [0.15, 0.2) is 49.1 Å². The number of hydrogen-bond acceptors (Lipinski definition) is 7. The van der Waals surface area contributed by atoms with Crippen LogP contribution in [-0.2, 0) is 25.2 Å². The number of amides is 1. The van der Waals surface area contributed by atoms with Crippen LogP contribution >= 0.6 is 0 Å². The molecule has 3 aromatic heterocycles. The minimum Gasteiger partial charge on any atom is -0.348 e. The van der Waals surface area contributed by atoms with Crippen LogP contribution in [0.3, 0.4) is 0 Å². The molecule has 1 aliphatic heterocycles. The average molecular weight is 514 g/mol. The van der Waals surface area contributed by atoms with Crippen molar-refractivity contribution in [2.75, 3.05) is 12.4 Å². The van der Waals surface area contributed by atoms with Crippen molar-refractivity contribution in [1.82, 2.24) is 39.7 Å². The van der Waals surface area contributed by atoms with Gasteiger partial charge in [-0.2, -0.15) is 10.2 Å². The monoisotopic (exact) mass is 513 g/mol. The summed E-state index contributed by atoms with van der Waals surface area (Å²) in [5.74, 6) is 1.33. The van der Waals surface area contributed by atoms with E-state index in [1.807, 2.05) is 45.9 Å². The minimum atomic E-state index is -0.171. The molecule has 0 radical (unpaired) electrons. The van der Waals surface area contributed by atoms with Gasteiger partial charge in [0.1, 0.15) is 12.1 Å². The van der Waals surface area contributed by atoms with Gasteiger partial charge in [-0.1, -0.05) is 12.1 Å². The maximum absolute atomic E-state index is 12.6. The van der Waals surface area contributed by atoms with E-state index in [4.69, 9.17) is 5.10 Å². The molecule has 1 aliphatic rings. The van der Waals surface area contributed by atoms with Gasteiger partial charge in [0, 0.05) is 43.0 Å². The fourth-order valence-corrected chi connectivity index (χ4v) is 4.46. The summed E-state index contributed by atoms with van der Waals surface area (Å²) in [5.41, 5.74) is 5.47. The van der Waals surface area contributed by atoms with E-state index < -0.39 is 0 Å². The van der Waals surface area contributed by atoms with Gasteiger partial charge in [0.15, 0.2) is 5.82 Å². The molecular formula is C28H35N9O. The van der Waals surface area contributed by atoms with Crippen molar-refractivity contribution in [2.24, 2.45) is 0 Å². The zero-order valence-electron chi connectivity index (χ0n) is 22.9. The molecule has 0 spiro atoms. The van der Waals surface area contributed by atoms with Gasteiger partial charge in [-0.3, -0.25) is 19.1 Å². The standard InChI is InChI=1S/C28H35N9O/c1-18-9-20(7-8-21(18)12-29-27(38)22-13-32-37(15-22)28(3,4)5)24-11-25(31-17-30-24)33-26-10-23-16-35(6)19(2)14-36(23)34-26/h7-11,13,15,17,19H,12,14,16H2,1-6H3,(H,29,38)(H,30,31,33,34). The van der Waals surface area contributed by atoms with Crippen LogP contribution < -0.4 is 10.6 Å². The van der Waals surface area contributed by atoms with Gasteiger partial charge in [0.2, 0.25) is 0 Å². The molecule has 0 aliphatic carbocycles. The first-order chi connectivity index (χ1) is 18.1. The largest absolute Gasteiger partial charge is 0.348 e. The molecular weight excluding hydrogens is 478 g/mol. The van der Waals surface area contributed by atoms with Crippen molar-refractivity contribution in [1.29, 1.82) is 0 Å². The molecule has 4 heterocycles. The second-order valence-corrected chi connectivity index (χ2v) is 11.0. The molecule has 10 nitrogen and oxygen atoms in total. The molecule has 1 atom stereocenters. The number of carbonyl (C=O) groups excluding carboxylic acids is 1. The molecule has 1 amide bonds. The lowest BCUT2D eigenvalue weighted by molar-refractivity contribution is 0.0950. The molecule has 0 saturated heterocycles. The number of nitrogens with one attached hydrogen (secondary N) is 2. The summed E-state index contributed by atoms with van der Waals surface area (Å²) >= 11 is 0. The normalized spacial score (nSPS) is 15.8. The zero-order valence-corrected chi connectivity index (χ0v) is 22.9. The van der Waals surface area contributed by atoms with Gasteiger partial charge in [-0.05, 0) is 58.9 Å². The number of aryl methyl sites for hydroxylation is 1. The third-order valence-corrected chi connectivity index (χ3v) is 7.00. The van der Waals surface area contributed by atoms with E-state index in [-0.39, 0.29) is 11.4 Å². The molecule has 5 rings (SSSR count). The molecule has 198 valence electrons. The fraction of sp³-hybridized carbons (Fsp3) is 0.393. The summed E-state index contributed by atoms with van der Waals surface area (Å²) in [6.07, 6.45) is 4.95. The highest BCUT2D eigenvalue weighted by Gasteiger charge is 2.21. The van der Waals surface area contributed by atoms with Crippen molar-refractivity contribution < 1.29 is 4.79 Å². The zero-order chi connectivity index (χ0) is 27.0. The topological polar surface area (TPSA) is 106 Å². The molecule has 0 saturated carbocycles. The Balaban J connectivity index is 1.25. The van der Waals surface area contributed by atoms with E-state index in [1.165, 1.54) is 5.69 Å². The van der Waals surface area contributed by atoms with E-state index in [2.05, 4.69) is 61.4 Å². The molecule has 1 unspecified atom stereocenters. The average Bonchev–Trinajstić information content (AvgIpc) is 3.51. The predicted octanol–water partition coefficient (Wildman–Crippen LogP) is 4.11. The number of fused-ring (bicyclic) bond motifs is 1. The molecule has 0 fully saturated rings. The maximum Gasteiger partial charge on any atom is 0.254 e. The van der Waals surface area contributed by atoms with Gasteiger partial charge in [-0.15, -0.1) is 0 Å². The van der Waals surface area contributed by atoms with Gasteiger partial charge in [0.05, 0.1) is 35.2 Å². The van der Waals surface area contributed by atoms with E-state index in [1.54, 1.807) is 23.4 Å². The number of carbonyl (C=O) groups is 1. The highest BCUT2D eigenvalue weighted by molar-refractivity contribution is 5.93. The van der Waals surface area contributed by atoms with Crippen LogP contribution in [-0.4, -0.2) is 53.4 Å². The third-order valence-electron chi connectivity index (χ3n) is 7.00. The second-order valence-electron chi connectivity index (χ2n) is 11.0. The highest BCUT2D eigenvalue weighted by atomic mass is 16.1. The van der Waals surface area contributed by atoms with E-state index in [9.17, 15) is 4.79 Å². The smallest absolute Gasteiger partial charge is 0.254 e. The first-order valence-corrected chi connectivity index (χ1v) is 12.9. The molecule has 4 aromatic rings. The van der Waals surface area contributed by atoms with E-state index >= 15 is 0 Å². The van der Waals surface area contributed by atoms with E-state index in [0.717, 1.165) is 41.3 Å². The highest BCUT2D eigenvalue weighted by Crippen LogP contribution is 2.25. The van der Waals surface area contributed by atoms with Gasteiger partial charge in [0.25, 0.3) is 5.91 Å². The number of rotatable bonds is 6. The quantitative estimate of drug-likeness (QED) is 0.400. The van der Waals surface area contributed by atoms with Crippen LogP contribution in [0.1, 0.15) is 54.9 Å². The Morgan fingerprint density at radius 3 is 2.68 bits per heavy atom. The summed E-state index contributed by atoms with van der Waals surface area (Å²) in [6, 6.07) is 10.6. The molecule has 1 aromatic carbocycles. The summed E-state index contributed by atoms with van der Waals surface area (Å²) in [7, 11) is 2.13. The van der Waals surface area contributed by atoms with Crippen LogP contribution in [0.5, 0.6) is 0 Å². The minimum absolute atomic E-state index is 0.141. The number of likely N-dealkylation sites (N-methyl/N-ethyl adjacent to an activating group) is 1. The van der Waals surface area contributed by atoms with Crippen LogP contribution in [0.25, 0.3) is 11.3 Å². The lowest BCUT2D eigenvalue weighted by Crippen LogP contribution is -2.38. The molecule has 2 N–H and O–H groups in total. The Morgan fingerprint density at radius 1 is 1.13 bits per heavy atom. The third kappa shape index (κ3) is 5.45. The van der Waals surface area contributed by atoms with Crippen LogP contribution in [0, 0.1) is 6.92 Å². The number of anilines is 2. The van der Waals surface area contributed by atoms with Gasteiger partial charge < -0.3 is 10.6 Å². The maximum atomic E-state index is 12.6. The number of hydrogen-bond donors (Lipinski definition) is 2. The Kier molecular flexibility index (Phi) is 6.75. The van der Waals surface area contributed by atoms with Crippen molar-refractivity contribution in [3.63, 3.8) is 0 Å². The molecule has 38 heavy (non-hydrogen) atoms. The van der Waals surface area contributed by atoms with Crippen LogP contribution in [0.2, 0.25) is 0 Å². The van der Waals surface area contributed by atoms with Crippen molar-refractivity contribution in [3.8, 4) is 11.3 Å². The van der Waals surface area contributed by atoms with Crippen molar-refractivity contribution >= 4 is 17.5 Å². The number of aromatic nitrogens is 6. The Labute approximate surface area is 223 Å². The Bertz CT molecular complexity index is 1440.